The summed E-state index contributed by atoms with van der Waals surface area (Å²) in [6.07, 6.45) is 0. The maximum atomic E-state index is 12.8. The van der Waals surface area contributed by atoms with Crippen LogP contribution in [0.3, 0.4) is 0 Å². The molecule has 9 heteroatoms. The van der Waals surface area contributed by atoms with E-state index in [9.17, 15) is 8.42 Å². The molecule has 0 unspecified atom stereocenters. The molecule has 1 heterocycles. The van der Waals surface area contributed by atoms with Gasteiger partial charge in [-0.25, -0.2) is 13.4 Å². The fraction of sp³-hybridized carbons (Fsp3) is 0.300. The third-order valence-electron chi connectivity index (χ3n) is 4.55. The van der Waals surface area contributed by atoms with E-state index in [1.54, 1.807) is 29.5 Å². The molecule has 0 bridgehead atoms. The monoisotopic (exact) mass is 448 g/mol. The van der Waals surface area contributed by atoms with Gasteiger partial charge in [0.05, 0.1) is 20.1 Å². The highest BCUT2D eigenvalue weighted by molar-refractivity contribution is 7.89. The second kappa shape index (κ2) is 8.74. The van der Waals surface area contributed by atoms with E-state index < -0.39 is 10.0 Å². The van der Waals surface area contributed by atoms with Gasteiger partial charge in [-0.3, -0.25) is 0 Å². The molecule has 6 nitrogen and oxygen atoms in total. The Labute approximate surface area is 181 Å². The van der Waals surface area contributed by atoms with Crippen molar-refractivity contribution in [3.8, 4) is 0 Å². The number of thiocarbonyl (C=S) groups is 1. The van der Waals surface area contributed by atoms with Gasteiger partial charge in [0.15, 0.2) is 5.11 Å². The molecule has 0 aliphatic heterocycles. The fourth-order valence-electron chi connectivity index (χ4n) is 3.01. The average Bonchev–Trinajstić information content (AvgIpc) is 3.03. The second-order valence-electron chi connectivity index (χ2n) is 6.56. The van der Waals surface area contributed by atoms with Crippen LogP contribution in [0.25, 0.3) is 10.2 Å². The minimum Gasteiger partial charge on any atom is -0.332 e. The highest BCUT2D eigenvalue weighted by Gasteiger charge is 2.22. The number of hydrogen-bond acceptors (Lipinski definition) is 5. The number of benzene rings is 2. The van der Waals surface area contributed by atoms with E-state index in [0.717, 1.165) is 26.5 Å². The predicted molar refractivity (Wildman–Crippen MR) is 125 cm³/mol. The molecule has 0 spiro atoms. The summed E-state index contributed by atoms with van der Waals surface area (Å²) in [4.78, 5) is 4.70. The van der Waals surface area contributed by atoms with Crippen molar-refractivity contribution in [1.29, 1.82) is 0 Å². The topological polar surface area (TPSA) is 74.3 Å². The first kappa shape index (κ1) is 21.6. The number of aryl methyl sites for hydroxylation is 2. The minimum absolute atomic E-state index is 0.249. The van der Waals surface area contributed by atoms with Gasteiger partial charge in [-0.1, -0.05) is 19.9 Å². The Balaban J connectivity index is 1.80. The number of nitrogens with one attached hydrogen (secondary N) is 2. The van der Waals surface area contributed by atoms with Crippen LogP contribution in [0.2, 0.25) is 0 Å². The Morgan fingerprint density at radius 2 is 1.83 bits per heavy atom. The molecule has 0 saturated heterocycles. The van der Waals surface area contributed by atoms with Crippen LogP contribution >= 0.6 is 23.6 Å². The van der Waals surface area contributed by atoms with Gasteiger partial charge < -0.3 is 10.6 Å². The van der Waals surface area contributed by atoms with Gasteiger partial charge in [0.25, 0.3) is 0 Å². The Kier molecular flexibility index (Phi) is 6.52. The van der Waals surface area contributed by atoms with Crippen molar-refractivity contribution in [1.82, 2.24) is 9.29 Å². The number of aromatic nitrogens is 1. The van der Waals surface area contributed by atoms with E-state index in [1.807, 2.05) is 45.9 Å². The molecule has 0 aliphatic rings. The second-order valence-corrected chi connectivity index (χ2v) is 10.1. The highest BCUT2D eigenvalue weighted by Crippen LogP contribution is 2.26. The zero-order chi connectivity index (χ0) is 21.2. The molecule has 0 fully saturated rings. The van der Waals surface area contributed by atoms with Crippen molar-refractivity contribution in [2.75, 3.05) is 23.7 Å². The van der Waals surface area contributed by atoms with Gasteiger partial charge in [0, 0.05) is 24.5 Å². The molecular formula is C20H24N4O2S3. The molecule has 2 N–H and O–H groups in total. The molecular weight excluding hydrogens is 424 g/mol. The molecule has 154 valence electrons. The van der Waals surface area contributed by atoms with Crippen molar-refractivity contribution < 1.29 is 8.42 Å². The lowest BCUT2D eigenvalue weighted by Gasteiger charge is -2.20. The van der Waals surface area contributed by atoms with Crippen LogP contribution < -0.4 is 10.6 Å². The zero-order valence-electron chi connectivity index (χ0n) is 16.8. The molecule has 3 aromatic rings. The van der Waals surface area contributed by atoms with E-state index in [-0.39, 0.29) is 4.90 Å². The third-order valence-corrected chi connectivity index (χ3v) is 7.74. The summed E-state index contributed by atoms with van der Waals surface area (Å²) in [5, 5.41) is 7.69. The molecule has 2 aromatic carbocycles. The summed E-state index contributed by atoms with van der Waals surface area (Å²) >= 11 is 7.07. The Morgan fingerprint density at radius 1 is 1.10 bits per heavy atom. The van der Waals surface area contributed by atoms with Crippen molar-refractivity contribution >= 4 is 60.3 Å². The van der Waals surface area contributed by atoms with Crippen molar-refractivity contribution in [2.24, 2.45) is 0 Å². The van der Waals surface area contributed by atoms with E-state index in [2.05, 4.69) is 15.6 Å². The highest BCUT2D eigenvalue weighted by atomic mass is 32.2. The van der Waals surface area contributed by atoms with Crippen LogP contribution in [-0.4, -0.2) is 35.9 Å². The zero-order valence-corrected chi connectivity index (χ0v) is 19.3. The summed E-state index contributed by atoms with van der Waals surface area (Å²) < 4.78 is 28.1. The SMILES string of the molecule is CCN(CC)S(=O)(=O)c1ccc(C)c(NC(=S)Nc2ccc3nc(C)sc3c2)c1. The lowest BCUT2D eigenvalue weighted by Crippen LogP contribution is -2.30. The van der Waals surface area contributed by atoms with Gasteiger partial charge in [-0.2, -0.15) is 4.31 Å². The van der Waals surface area contributed by atoms with E-state index in [4.69, 9.17) is 12.2 Å². The normalized spacial score (nSPS) is 11.8. The lowest BCUT2D eigenvalue weighted by atomic mass is 10.2. The van der Waals surface area contributed by atoms with Gasteiger partial charge in [-0.15, -0.1) is 11.3 Å². The minimum atomic E-state index is -3.53. The van der Waals surface area contributed by atoms with Gasteiger partial charge >= 0.3 is 0 Å². The number of rotatable bonds is 6. The number of thiazole rings is 1. The Morgan fingerprint density at radius 3 is 2.52 bits per heavy atom. The van der Waals surface area contributed by atoms with Crippen LogP contribution in [0.1, 0.15) is 24.4 Å². The molecule has 3 rings (SSSR count). The van der Waals surface area contributed by atoms with Crippen LogP contribution in [0.5, 0.6) is 0 Å². The molecule has 29 heavy (non-hydrogen) atoms. The molecule has 0 saturated carbocycles. The number of nitrogens with zero attached hydrogens (tertiary/aromatic N) is 2. The summed E-state index contributed by atoms with van der Waals surface area (Å²) in [6, 6.07) is 10.9. The van der Waals surface area contributed by atoms with Gasteiger partial charge in [-0.05, 0) is 62.0 Å². The van der Waals surface area contributed by atoms with Crippen LogP contribution in [0.4, 0.5) is 11.4 Å². The summed E-state index contributed by atoms with van der Waals surface area (Å²) in [5.41, 5.74) is 3.37. The van der Waals surface area contributed by atoms with Crippen molar-refractivity contribution in [3.63, 3.8) is 0 Å². The third kappa shape index (κ3) is 4.75. The number of hydrogen-bond donors (Lipinski definition) is 2. The summed E-state index contributed by atoms with van der Waals surface area (Å²) in [5.74, 6) is 0. The average molecular weight is 449 g/mol. The Hall–Kier alpha value is -2.07. The summed E-state index contributed by atoms with van der Waals surface area (Å²) in [6.45, 7) is 8.39. The lowest BCUT2D eigenvalue weighted by molar-refractivity contribution is 0.445. The molecule has 0 aliphatic carbocycles. The smallest absolute Gasteiger partial charge is 0.243 e. The van der Waals surface area contributed by atoms with Gasteiger partial charge in [0.1, 0.15) is 0 Å². The van der Waals surface area contributed by atoms with Crippen molar-refractivity contribution in [2.45, 2.75) is 32.6 Å². The molecule has 0 amide bonds. The van der Waals surface area contributed by atoms with E-state index in [0.29, 0.717) is 23.9 Å². The van der Waals surface area contributed by atoms with Crippen LogP contribution in [0.15, 0.2) is 41.3 Å². The first-order valence-electron chi connectivity index (χ1n) is 9.30. The quantitative estimate of drug-likeness (QED) is 0.530. The van der Waals surface area contributed by atoms with Crippen LogP contribution in [-0.2, 0) is 10.0 Å². The molecule has 1 aromatic heterocycles. The van der Waals surface area contributed by atoms with Crippen molar-refractivity contribution in [3.05, 3.63) is 47.0 Å². The Bertz CT molecular complexity index is 1150. The maximum absolute atomic E-state index is 12.8. The first-order chi connectivity index (χ1) is 13.7. The number of sulfonamides is 1. The van der Waals surface area contributed by atoms with E-state index >= 15 is 0 Å². The van der Waals surface area contributed by atoms with Gasteiger partial charge in [0.2, 0.25) is 10.0 Å². The number of fused-ring (bicyclic) bond motifs is 1. The number of anilines is 2. The fourth-order valence-corrected chi connectivity index (χ4v) is 5.59. The predicted octanol–water partition coefficient (Wildman–Crippen LogP) is 4.75. The maximum Gasteiger partial charge on any atom is 0.243 e. The molecule has 0 atom stereocenters. The summed E-state index contributed by atoms with van der Waals surface area (Å²) in [7, 11) is -3.53. The standard InChI is InChI=1S/C20H24N4O2S3/c1-5-24(6-2)29(25,26)16-9-7-13(3)18(12-16)23-20(27)22-15-8-10-17-19(11-15)28-14(4)21-17/h7-12H,5-6H2,1-4H3,(H2,22,23,27). The van der Waals surface area contributed by atoms with E-state index in [1.165, 1.54) is 4.31 Å². The molecule has 0 radical (unpaired) electrons. The van der Waals surface area contributed by atoms with Crippen LogP contribution in [0, 0.1) is 13.8 Å². The largest absolute Gasteiger partial charge is 0.332 e. The first-order valence-corrected chi connectivity index (χ1v) is 12.0.